The van der Waals surface area contributed by atoms with E-state index in [2.05, 4.69) is 32.8 Å². The minimum absolute atomic E-state index is 0.172. The van der Waals surface area contributed by atoms with Crippen molar-refractivity contribution < 1.29 is 9.52 Å². The summed E-state index contributed by atoms with van der Waals surface area (Å²) in [6, 6.07) is 8.16. The predicted octanol–water partition coefficient (Wildman–Crippen LogP) is 2.62. The topological polar surface area (TPSA) is 87.1 Å². The number of hydrogen-bond acceptors (Lipinski definition) is 7. The lowest BCUT2D eigenvalue weighted by atomic mass is 10.1. The van der Waals surface area contributed by atoms with Gasteiger partial charge in [-0.05, 0) is 44.4 Å². The van der Waals surface area contributed by atoms with Gasteiger partial charge in [0.15, 0.2) is 11.4 Å². The second-order valence-corrected chi connectivity index (χ2v) is 8.55. The molecule has 1 aliphatic heterocycles. The van der Waals surface area contributed by atoms with Crippen molar-refractivity contribution >= 4 is 22.1 Å². The molecule has 1 saturated heterocycles. The number of rotatable bonds is 4. The quantitative estimate of drug-likeness (QED) is 0.529. The third kappa shape index (κ3) is 3.65. The Bertz CT molecular complexity index is 1360. The molecular formula is C24H27N5O3. The number of aliphatic hydroxyl groups is 1. The fraction of sp³-hybridized carbons (Fsp3) is 0.375. The molecule has 0 saturated carbocycles. The molecule has 4 heterocycles. The number of imidazole rings is 1. The highest BCUT2D eigenvalue weighted by molar-refractivity contribution is 5.87. The average Bonchev–Trinajstić information content (AvgIpc) is 3.19. The molecule has 0 aliphatic carbocycles. The Morgan fingerprint density at radius 2 is 2.00 bits per heavy atom. The molecule has 8 nitrogen and oxygen atoms in total. The van der Waals surface area contributed by atoms with Gasteiger partial charge in [-0.2, -0.15) is 0 Å². The highest BCUT2D eigenvalue weighted by Crippen LogP contribution is 2.27. The normalized spacial score (nSPS) is 17.5. The molecule has 32 heavy (non-hydrogen) atoms. The lowest BCUT2D eigenvalue weighted by Gasteiger charge is -2.40. The predicted molar refractivity (Wildman–Crippen MR) is 124 cm³/mol. The molecule has 1 fully saturated rings. The van der Waals surface area contributed by atoms with Crippen LogP contribution >= 0.6 is 0 Å². The van der Waals surface area contributed by atoms with Crippen LogP contribution in [-0.4, -0.2) is 63.2 Å². The molecule has 0 amide bonds. The molecule has 1 N–H and O–H groups in total. The zero-order valence-corrected chi connectivity index (χ0v) is 18.6. The van der Waals surface area contributed by atoms with Crippen LogP contribution in [0.2, 0.25) is 0 Å². The number of benzene rings is 1. The van der Waals surface area contributed by atoms with Crippen LogP contribution in [0, 0.1) is 13.8 Å². The highest BCUT2D eigenvalue weighted by atomic mass is 16.4. The Morgan fingerprint density at radius 3 is 2.78 bits per heavy atom. The van der Waals surface area contributed by atoms with Crippen molar-refractivity contribution in [1.82, 2.24) is 19.3 Å². The maximum atomic E-state index is 12.9. The molecule has 0 bridgehead atoms. The lowest BCUT2D eigenvalue weighted by Crippen LogP contribution is -2.52. The van der Waals surface area contributed by atoms with Crippen molar-refractivity contribution in [3.05, 3.63) is 58.5 Å². The number of aliphatic hydroxyl groups excluding tert-OH is 1. The van der Waals surface area contributed by atoms with Crippen LogP contribution in [0.1, 0.15) is 18.3 Å². The van der Waals surface area contributed by atoms with E-state index in [4.69, 9.17) is 4.42 Å². The second-order valence-electron chi connectivity index (χ2n) is 8.55. The van der Waals surface area contributed by atoms with Gasteiger partial charge >= 0.3 is 5.63 Å². The summed E-state index contributed by atoms with van der Waals surface area (Å²) < 4.78 is 7.60. The van der Waals surface area contributed by atoms with Gasteiger partial charge in [-0.25, -0.2) is 9.78 Å². The van der Waals surface area contributed by atoms with Crippen molar-refractivity contribution in [2.75, 3.05) is 37.7 Å². The molecule has 3 aromatic heterocycles. The number of nitrogens with zero attached hydrogens (tertiary/aromatic N) is 5. The maximum absolute atomic E-state index is 12.9. The molecule has 0 radical (unpaired) electrons. The molecule has 4 aromatic rings. The molecule has 1 aromatic carbocycles. The van der Waals surface area contributed by atoms with Crippen LogP contribution < -0.4 is 10.5 Å². The van der Waals surface area contributed by atoms with Crippen LogP contribution in [0.15, 0.2) is 45.9 Å². The Morgan fingerprint density at radius 1 is 1.16 bits per heavy atom. The Labute approximate surface area is 185 Å². The molecule has 166 valence electrons. The molecule has 0 spiro atoms. The number of aromatic nitrogens is 3. The van der Waals surface area contributed by atoms with E-state index < -0.39 is 0 Å². The van der Waals surface area contributed by atoms with Gasteiger partial charge in [-0.3, -0.25) is 9.88 Å². The number of β-amino-alcohol motifs (C(OH)–C–C–N with tert-alkyl or cyclic N) is 1. The molecule has 1 aliphatic rings. The van der Waals surface area contributed by atoms with E-state index in [-0.39, 0.29) is 12.2 Å². The first-order valence-electron chi connectivity index (χ1n) is 10.9. The van der Waals surface area contributed by atoms with E-state index in [1.54, 1.807) is 0 Å². The zero-order chi connectivity index (χ0) is 22.4. The zero-order valence-electron chi connectivity index (χ0n) is 18.6. The van der Waals surface area contributed by atoms with Gasteiger partial charge in [0.05, 0.1) is 23.4 Å². The summed E-state index contributed by atoms with van der Waals surface area (Å²) in [6.07, 6.45) is 3.77. The standard InChI is InChI=1S/C24H27N5O3/c1-15-12-29-14-21(26-23(29)17(3)25-15)22-10-18-4-5-19(11-20(18)24(31)32-22)28-7-6-27(8-9-30)16(2)13-28/h4-5,10-12,14,16,30H,6-9,13H2,1-3H3/t16-/m0/s1. The van der Waals surface area contributed by atoms with Crippen molar-refractivity contribution in [2.24, 2.45) is 0 Å². The van der Waals surface area contributed by atoms with Gasteiger partial charge in [0.25, 0.3) is 0 Å². The van der Waals surface area contributed by atoms with E-state index in [1.807, 2.05) is 48.8 Å². The summed E-state index contributed by atoms with van der Waals surface area (Å²) in [7, 11) is 0. The van der Waals surface area contributed by atoms with E-state index in [0.717, 1.165) is 47.7 Å². The number of piperazine rings is 1. The van der Waals surface area contributed by atoms with E-state index in [9.17, 15) is 9.90 Å². The van der Waals surface area contributed by atoms with Crippen molar-refractivity contribution in [3.63, 3.8) is 0 Å². The fourth-order valence-corrected chi connectivity index (χ4v) is 4.61. The monoisotopic (exact) mass is 433 g/mol. The van der Waals surface area contributed by atoms with E-state index >= 15 is 0 Å². The van der Waals surface area contributed by atoms with E-state index in [0.29, 0.717) is 29.4 Å². The molecule has 5 rings (SSSR count). The Hall–Kier alpha value is -3.23. The first-order valence-corrected chi connectivity index (χ1v) is 10.9. The van der Waals surface area contributed by atoms with Gasteiger partial charge in [-0.15, -0.1) is 0 Å². The lowest BCUT2D eigenvalue weighted by molar-refractivity contribution is 0.146. The molecule has 0 unspecified atom stereocenters. The van der Waals surface area contributed by atoms with Crippen molar-refractivity contribution in [3.8, 4) is 11.5 Å². The first-order chi connectivity index (χ1) is 15.4. The number of hydrogen-bond donors (Lipinski definition) is 1. The molecular weight excluding hydrogens is 406 g/mol. The Kier molecular flexibility index (Phi) is 5.19. The van der Waals surface area contributed by atoms with Crippen LogP contribution in [0.3, 0.4) is 0 Å². The van der Waals surface area contributed by atoms with Gasteiger partial charge in [0.2, 0.25) is 0 Å². The number of aryl methyl sites for hydroxylation is 2. The van der Waals surface area contributed by atoms with Crippen LogP contribution in [0.25, 0.3) is 27.9 Å². The summed E-state index contributed by atoms with van der Waals surface area (Å²) in [6.45, 7) is 9.47. The minimum Gasteiger partial charge on any atom is -0.421 e. The third-order valence-electron chi connectivity index (χ3n) is 6.24. The second kappa shape index (κ2) is 8.03. The van der Waals surface area contributed by atoms with Gasteiger partial charge in [-0.1, -0.05) is 6.07 Å². The summed E-state index contributed by atoms with van der Waals surface area (Å²) >= 11 is 0. The number of anilines is 1. The summed E-state index contributed by atoms with van der Waals surface area (Å²) in [5.41, 5.74) is 3.73. The van der Waals surface area contributed by atoms with Gasteiger partial charge < -0.3 is 18.8 Å². The smallest absolute Gasteiger partial charge is 0.344 e. The molecule has 1 atom stereocenters. The average molecular weight is 434 g/mol. The van der Waals surface area contributed by atoms with Crippen molar-refractivity contribution in [1.29, 1.82) is 0 Å². The summed E-state index contributed by atoms with van der Waals surface area (Å²) in [4.78, 5) is 26.5. The minimum atomic E-state index is -0.366. The van der Waals surface area contributed by atoms with Crippen LogP contribution in [0.4, 0.5) is 5.69 Å². The SMILES string of the molecule is Cc1cn2cc(-c3cc4ccc(N5CCN(CCO)[C@@H](C)C5)cc4c(=O)o3)nc2c(C)n1. The summed E-state index contributed by atoms with van der Waals surface area (Å²) in [5, 5.41) is 10.6. The van der Waals surface area contributed by atoms with E-state index in [1.165, 1.54) is 0 Å². The fourth-order valence-electron chi connectivity index (χ4n) is 4.61. The summed E-state index contributed by atoms with van der Waals surface area (Å²) in [5.74, 6) is 0.447. The van der Waals surface area contributed by atoms with Crippen LogP contribution in [-0.2, 0) is 0 Å². The van der Waals surface area contributed by atoms with Gasteiger partial charge in [0, 0.05) is 50.3 Å². The largest absolute Gasteiger partial charge is 0.421 e. The van der Waals surface area contributed by atoms with Gasteiger partial charge in [0.1, 0.15) is 5.69 Å². The molecule has 8 heteroatoms. The third-order valence-corrected chi connectivity index (χ3v) is 6.24. The first kappa shape index (κ1) is 20.7. The number of fused-ring (bicyclic) bond motifs is 2. The highest BCUT2D eigenvalue weighted by Gasteiger charge is 2.23. The van der Waals surface area contributed by atoms with Crippen LogP contribution in [0.5, 0.6) is 0 Å². The van der Waals surface area contributed by atoms with Crippen molar-refractivity contribution in [2.45, 2.75) is 26.8 Å². The maximum Gasteiger partial charge on any atom is 0.344 e. The Balaban J connectivity index is 1.48.